The molecule has 1 saturated heterocycles. The number of nitrogens with zero attached hydrogens (tertiary/aromatic N) is 4. The minimum Gasteiger partial charge on any atom is -0.342 e. The molecule has 2 rings (SSSR count). The highest BCUT2D eigenvalue weighted by atomic mass is 16.2. The first-order valence-electron chi connectivity index (χ1n) is 6.27. The van der Waals surface area contributed by atoms with Crippen molar-refractivity contribution in [3.8, 4) is 0 Å². The molecule has 1 fully saturated rings. The van der Waals surface area contributed by atoms with Crippen molar-refractivity contribution >= 4 is 11.8 Å². The average molecular weight is 265 g/mol. The second kappa shape index (κ2) is 4.64. The fraction of sp³-hybridized carbons (Fsp3) is 0.667. The summed E-state index contributed by atoms with van der Waals surface area (Å²) < 4.78 is 1.59. The Balaban J connectivity index is 2.25. The molecule has 0 aliphatic carbocycles. The Hall–Kier alpha value is -1.92. The van der Waals surface area contributed by atoms with Gasteiger partial charge >= 0.3 is 0 Å². The number of rotatable bonds is 2. The van der Waals surface area contributed by atoms with Gasteiger partial charge in [0.15, 0.2) is 0 Å². The lowest BCUT2D eigenvalue weighted by atomic mass is 10.0. The Labute approximate surface area is 112 Å². The number of aromatic nitrogens is 3. The van der Waals surface area contributed by atoms with Crippen LogP contribution in [-0.4, -0.2) is 43.3 Å². The van der Waals surface area contributed by atoms with Gasteiger partial charge in [0, 0.05) is 25.7 Å². The van der Waals surface area contributed by atoms with E-state index < -0.39 is 5.54 Å². The molecule has 1 aromatic heterocycles. The largest absolute Gasteiger partial charge is 0.342 e. The maximum Gasteiger partial charge on any atom is 0.248 e. The molecule has 0 aromatic carbocycles. The van der Waals surface area contributed by atoms with Crippen molar-refractivity contribution in [3.63, 3.8) is 0 Å². The zero-order valence-electron chi connectivity index (χ0n) is 11.7. The van der Waals surface area contributed by atoms with Gasteiger partial charge in [-0.1, -0.05) is 5.21 Å². The summed E-state index contributed by atoms with van der Waals surface area (Å²) in [6, 6.07) is -0.156. The SMILES string of the molecule is CC1CC(=O)NC(C)(C)C(=O)N1Cc1cn(C)nn1. The summed E-state index contributed by atoms with van der Waals surface area (Å²) in [4.78, 5) is 25.9. The van der Waals surface area contributed by atoms with E-state index in [0.29, 0.717) is 18.7 Å². The number of hydrogen-bond donors (Lipinski definition) is 1. The summed E-state index contributed by atoms with van der Waals surface area (Å²) in [6.07, 6.45) is 2.07. The monoisotopic (exact) mass is 265 g/mol. The summed E-state index contributed by atoms with van der Waals surface area (Å²) >= 11 is 0. The first kappa shape index (κ1) is 13.5. The van der Waals surface area contributed by atoms with Crippen LogP contribution in [0, 0.1) is 0 Å². The van der Waals surface area contributed by atoms with Crippen LogP contribution in [0.25, 0.3) is 0 Å². The molecule has 7 heteroatoms. The maximum absolute atomic E-state index is 12.5. The smallest absolute Gasteiger partial charge is 0.248 e. The quantitative estimate of drug-likeness (QED) is 0.805. The fourth-order valence-corrected chi connectivity index (χ4v) is 2.26. The Morgan fingerprint density at radius 1 is 1.47 bits per heavy atom. The number of amides is 2. The molecule has 0 bridgehead atoms. The molecular formula is C12H19N5O2. The zero-order valence-corrected chi connectivity index (χ0v) is 11.7. The van der Waals surface area contributed by atoms with Crippen LogP contribution in [0.2, 0.25) is 0 Å². The van der Waals surface area contributed by atoms with E-state index in [1.54, 1.807) is 36.7 Å². The van der Waals surface area contributed by atoms with Crippen molar-refractivity contribution in [2.75, 3.05) is 0 Å². The number of carbonyl (C=O) groups excluding carboxylic acids is 2. The van der Waals surface area contributed by atoms with Gasteiger partial charge in [0.1, 0.15) is 11.2 Å². The van der Waals surface area contributed by atoms with Gasteiger partial charge in [0.25, 0.3) is 0 Å². The van der Waals surface area contributed by atoms with Crippen molar-refractivity contribution in [2.45, 2.75) is 45.3 Å². The van der Waals surface area contributed by atoms with Crippen LogP contribution < -0.4 is 5.32 Å². The van der Waals surface area contributed by atoms with Gasteiger partial charge in [-0.3, -0.25) is 14.3 Å². The van der Waals surface area contributed by atoms with Gasteiger partial charge in [-0.15, -0.1) is 5.10 Å². The summed E-state index contributed by atoms with van der Waals surface area (Å²) in [5.74, 6) is -0.205. The first-order valence-corrected chi connectivity index (χ1v) is 6.27. The molecule has 1 aliphatic rings. The predicted octanol–water partition coefficient (Wildman–Crippen LogP) is -0.169. The van der Waals surface area contributed by atoms with E-state index in [2.05, 4.69) is 15.6 Å². The molecule has 1 unspecified atom stereocenters. The van der Waals surface area contributed by atoms with E-state index in [4.69, 9.17) is 0 Å². The van der Waals surface area contributed by atoms with Gasteiger partial charge in [-0.2, -0.15) is 0 Å². The molecule has 19 heavy (non-hydrogen) atoms. The molecule has 0 spiro atoms. The lowest BCUT2D eigenvalue weighted by Gasteiger charge is -2.31. The van der Waals surface area contributed by atoms with Crippen LogP contribution in [-0.2, 0) is 23.2 Å². The molecular weight excluding hydrogens is 246 g/mol. The van der Waals surface area contributed by atoms with E-state index in [1.165, 1.54) is 0 Å². The highest BCUT2D eigenvalue weighted by Crippen LogP contribution is 2.19. The normalized spacial score (nSPS) is 23.2. The second-order valence-corrected chi connectivity index (χ2v) is 5.54. The van der Waals surface area contributed by atoms with E-state index in [-0.39, 0.29) is 17.9 Å². The van der Waals surface area contributed by atoms with E-state index >= 15 is 0 Å². The Morgan fingerprint density at radius 3 is 2.74 bits per heavy atom. The second-order valence-electron chi connectivity index (χ2n) is 5.54. The first-order chi connectivity index (χ1) is 8.79. The van der Waals surface area contributed by atoms with Crippen LogP contribution in [0.5, 0.6) is 0 Å². The topological polar surface area (TPSA) is 80.1 Å². The van der Waals surface area contributed by atoms with Crippen LogP contribution in [0.15, 0.2) is 6.20 Å². The number of hydrogen-bond acceptors (Lipinski definition) is 4. The predicted molar refractivity (Wildman–Crippen MR) is 67.9 cm³/mol. The third-order valence-electron chi connectivity index (χ3n) is 3.24. The third-order valence-corrected chi connectivity index (χ3v) is 3.24. The standard InChI is InChI=1S/C12H19N5O2/c1-8-5-10(18)13-12(2,3)11(19)17(8)7-9-6-16(4)15-14-9/h6,8H,5,7H2,1-4H3,(H,13,18). The summed E-state index contributed by atoms with van der Waals surface area (Å²) in [5.41, 5.74) is -0.169. The lowest BCUT2D eigenvalue weighted by molar-refractivity contribution is -0.139. The molecule has 1 N–H and O–H groups in total. The number of aryl methyl sites for hydroxylation is 1. The van der Waals surface area contributed by atoms with Gasteiger partial charge in [-0.25, -0.2) is 0 Å². The fourth-order valence-electron chi connectivity index (χ4n) is 2.26. The molecule has 104 valence electrons. The summed E-state index contributed by atoms with van der Waals surface area (Å²) in [7, 11) is 1.78. The molecule has 7 nitrogen and oxygen atoms in total. The molecule has 1 aliphatic heterocycles. The highest BCUT2D eigenvalue weighted by Gasteiger charge is 2.39. The minimum atomic E-state index is -0.885. The van der Waals surface area contributed by atoms with Gasteiger partial charge < -0.3 is 10.2 Å². The van der Waals surface area contributed by atoms with Crippen molar-refractivity contribution in [1.29, 1.82) is 0 Å². The Kier molecular flexibility index (Phi) is 3.30. The molecule has 1 aromatic rings. The van der Waals surface area contributed by atoms with E-state index in [0.717, 1.165) is 0 Å². The molecule has 2 heterocycles. The zero-order chi connectivity index (χ0) is 14.2. The molecule has 0 radical (unpaired) electrons. The van der Waals surface area contributed by atoms with Crippen molar-refractivity contribution < 1.29 is 9.59 Å². The maximum atomic E-state index is 12.5. The van der Waals surface area contributed by atoms with E-state index in [1.807, 2.05) is 6.92 Å². The van der Waals surface area contributed by atoms with E-state index in [9.17, 15) is 9.59 Å². The summed E-state index contributed by atoms with van der Waals surface area (Å²) in [5, 5.41) is 10.6. The Morgan fingerprint density at radius 2 is 2.16 bits per heavy atom. The highest BCUT2D eigenvalue weighted by molar-refractivity contribution is 5.93. The molecule has 1 atom stereocenters. The van der Waals surface area contributed by atoms with Gasteiger partial charge in [-0.05, 0) is 20.8 Å². The van der Waals surface area contributed by atoms with Crippen molar-refractivity contribution in [3.05, 3.63) is 11.9 Å². The van der Waals surface area contributed by atoms with Crippen LogP contribution in [0.3, 0.4) is 0 Å². The van der Waals surface area contributed by atoms with Crippen LogP contribution >= 0.6 is 0 Å². The summed E-state index contributed by atoms with van der Waals surface area (Å²) in [6.45, 7) is 5.67. The van der Waals surface area contributed by atoms with Crippen molar-refractivity contribution in [1.82, 2.24) is 25.2 Å². The minimum absolute atomic E-state index is 0.100. The number of nitrogens with one attached hydrogen (secondary N) is 1. The van der Waals surface area contributed by atoms with Crippen LogP contribution in [0.1, 0.15) is 32.9 Å². The average Bonchev–Trinajstić information content (AvgIpc) is 2.66. The number of carbonyl (C=O) groups is 2. The van der Waals surface area contributed by atoms with Crippen LogP contribution in [0.4, 0.5) is 0 Å². The third kappa shape index (κ3) is 2.74. The van der Waals surface area contributed by atoms with Gasteiger partial charge in [0.05, 0.1) is 6.54 Å². The van der Waals surface area contributed by atoms with Gasteiger partial charge in [0.2, 0.25) is 11.8 Å². The Bertz CT molecular complexity index is 508. The molecule has 0 saturated carbocycles. The lowest BCUT2D eigenvalue weighted by Crippen LogP contribution is -2.53. The van der Waals surface area contributed by atoms with Crippen molar-refractivity contribution in [2.24, 2.45) is 7.05 Å². The molecule has 2 amide bonds.